The largest absolute Gasteiger partial charge is 0.508 e. The van der Waals surface area contributed by atoms with Crippen LogP contribution in [0.15, 0.2) is 18.2 Å². The summed E-state index contributed by atoms with van der Waals surface area (Å²) in [5.74, 6) is 0.150. The summed E-state index contributed by atoms with van der Waals surface area (Å²) in [5, 5.41) is 18.1. The molecular weight excluding hydrogens is 190 g/mol. The zero-order valence-electron chi connectivity index (χ0n) is 7.40. The maximum atomic E-state index is 9.40. The minimum Gasteiger partial charge on any atom is -0.508 e. The highest BCUT2D eigenvalue weighted by molar-refractivity contribution is 5.85. The summed E-state index contributed by atoms with van der Waals surface area (Å²) >= 11 is 0. The lowest BCUT2D eigenvalue weighted by Crippen LogP contribution is -2.14. The molecular formula is C9H14ClNO2. The summed E-state index contributed by atoms with van der Waals surface area (Å²) in [4.78, 5) is 0. The smallest absolute Gasteiger partial charge is 0.120 e. The van der Waals surface area contributed by atoms with Crippen molar-refractivity contribution >= 4 is 12.4 Å². The number of nitrogens with two attached hydrogens (primary N) is 1. The van der Waals surface area contributed by atoms with Crippen LogP contribution < -0.4 is 5.73 Å². The molecule has 3 nitrogen and oxygen atoms in total. The fourth-order valence-corrected chi connectivity index (χ4v) is 1.07. The fraction of sp³-hybridized carbons (Fsp3) is 0.333. The van der Waals surface area contributed by atoms with Crippen molar-refractivity contribution in [2.75, 3.05) is 6.61 Å². The van der Waals surface area contributed by atoms with Crippen LogP contribution in [-0.2, 0) is 0 Å². The number of aliphatic hydroxyl groups excluding tert-OH is 1. The third-order valence-electron chi connectivity index (χ3n) is 1.78. The molecule has 0 aliphatic rings. The van der Waals surface area contributed by atoms with E-state index in [4.69, 9.17) is 10.8 Å². The maximum absolute atomic E-state index is 9.40. The van der Waals surface area contributed by atoms with Gasteiger partial charge < -0.3 is 15.9 Å². The average Bonchev–Trinajstić information content (AvgIpc) is 2.03. The van der Waals surface area contributed by atoms with E-state index in [2.05, 4.69) is 0 Å². The Morgan fingerprint density at radius 3 is 2.54 bits per heavy atom. The van der Waals surface area contributed by atoms with E-state index >= 15 is 0 Å². The van der Waals surface area contributed by atoms with Crippen molar-refractivity contribution in [3.05, 3.63) is 29.3 Å². The minimum atomic E-state index is -0.495. The molecule has 4 heteroatoms. The Hall–Kier alpha value is -0.770. The van der Waals surface area contributed by atoms with Gasteiger partial charge >= 0.3 is 0 Å². The molecule has 0 aliphatic carbocycles. The van der Waals surface area contributed by atoms with Gasteiger partial charge in [0.25, 0.3) is 0 Å². The van der Waals surface area contributed by atoms with Crippen LogP contribution in [0.4, 0.5) is 0 Å². The highest BCUT2D eigenvalue weighted by atomic mass is 35.5. The highest BCUT2D eigenvalue weighted by Crippen LogP contribution is 2.23. The van der Waals surface area contributed by atoms with Gasteiger partial charge in [-0.05, 0) is 18.6 Å². The molecule has 0 aromatic heterocycles. The van der Waals surface area contributed by atoms with Crippen molar-refractivity contribution in [3.8, 4) is 5.75 Å². The van der Waals surface area contributed by atoms with Crippen molar-refractivity contribution in [2.24, 2.45) is 5.73 Å². The minimum absolute atomic E-state index is 0. The van der Waals surface area contributed by atoms with Gasteiger partial charge in [0.15, 0.2) is 0 Å². The molecule has 0 fully saturated rings. The molecule has 0 heterocycles. The average molecular weight is 204 g/mol. The quantitative estimate of drug-likeness (QED) is 0.675. The van der Waals surface area contributed by atoms with Crippen molar-refractivity contribution in [3.63, 3.8) is 0 Å². The zero-order valence-corrected chi connectivity index (χ0v) is 8.21. The molecule has 0 saturated heterocycles. The van der Waals surface area contributed by atoms with E-state index in [1.807, 2.05) is 13.0 Å². The Balaban J connectivity index is 0.00000144. The SMILES string of the molecule is Cc1ccc([C@@H](N)CO)c(O)c1.Cl. The van der Waals surface area contributed by atoms with Crippen molar-refractivity contribution in [1.29, 1.82) is 0 Å². The van der Waals surface area contributed by atoms with Gasteiger partial charge in [-0.2, -0.15) is 0 Å². The van der Waals surface area contributed by atoms with E-state index in [1.54, 1.807) is 12.1 Å². The number of phenols is 1. The lowest BCUT2D eigenvalue weighted by molar-refractivity contribution is 0.265. The van der Waals surface area contributed by atoms with E-state index in [-0.39, 0.29) is 24.8 Å². The van der Waals surface area contributed by atoms with Gasteiger partial charge in [-0.3, -0.25) is 0 Å². The van der Waals surface area contributed by atoms with Crippen LogP contribution in [0.25, 0.3) is 0 Å². The monoisotopic (exact) mass is 203 g/mol. The molecule has 0 amide bonds. The summed E-state index contributed by atoms with van der Waals surface area (Å²) in [5.41, 5.74) is 7.09. The van der Waals surface area contributed by atoms with E-state index in [0.717, 1.165) is 5.56 Å². The highest BCUT2D eigenvalue weighted by Gasteiger charge is 2.08. The van der Waals surface area contributed by atoms with E-state index in [1.165, 1.54) is 0 Å². The first-order valence-corrected chi connectivity index (χ1v) is 3.81. The van der Waals surface area contributed by atoms with Crippen molar-refractivity contribution in [2.45, 2.75) is 13.0 Å². The molecule has 13 heavy (non-hydrogen) atoms. The third kappa shape index (κ3) is 2.88. The molecule has 1 rings (SSSR count). The topological polar surface area (TPSA) is 66.5 Å². The number of hydrogen-bond donors (Lipinski definition) is 3. The summed E-state index contributed by atoms with van der Waals surface area (Å²) in [6.07, 6.45) is 0. The first-order chi connectivity index (χ1) is 5.65. The van der Waals surface area contributed by atoms with Gasteiger partial charge in [0.05, 0.1) is 12.6 Å². The third-order valence-corrected chi connectivity index (χ3v) is 1.78. The lowest BCUT2D eigenvalue weighted by Gasteiger charge is -2.10. The van der Waals surface area contributed by atoms with Crippen LogP contribution in [-0.4, -0.2) is 16.8 Å². The summed E-state index contributed by atoms with van der Waals surface area (Å²) in [6.45, 7) is 1.73. The number of aryl methyl sites for hydroxylation is 1. The van der Waals surface area contributed by atoms with E-state index in [0.29, 0.717) is 5.56 Å². The van der Waals surface area contributed by atoms with Crippen LogP contribution in [0.3, 0.4) is 0 Å². The number of phenolic OH excluding ortho intramolecular Hbond substituents is 1. The standard InChI is InChI=1S/C9H13NO2.ClH/c1-6-2-3-7(8(10)5-11)9(12)4-6;/h2-4,8,11-12H,5,10H2,1H3;1H/t8-;/m0./s1. The van der Waals surface area contributed by atoms with Gasteiger partial charge in [-0.15, -0.1) is 12.4 Å². The molecule has 1 aromatic carbocycles. The van der Waals surface area contributed by atoms with Gasteiger partial charge in [-0.1, -0.05) is 12.1 Å². The second-order valence-corrected chi connectivity index (χ2v) is 2.85. The summed E-state index contributed by atoms with van der Waals surface area (Å²) in [7, 11) is 0. The maximum Gasteiger partial charge on any atom is 0.120 e. The predicted molar refractivity (Wildman–Crippen MR) is 54.1 cm³/mol. The molecule has 1 aromatic rings. The molecule has 0 bridgehead atoms. The fourth-order valence-electron chi connectivity index (χ4n) is 1.07. The molecule has 0 unspecified atom stereocenters. The van der Waals surface area contributed by atoms with Gasteiger partial charge in [0.2, 0.25) is 0 Å². The number of aliphatic hydroxyl groups is 1. The Labute approximate surface area is 83.6 Å². The second kappa shape index (κ2) is 5.07. The van der Waals surface area contributed by atoms with Gasteiger partial charge in [-0.25, -0.2) is 0 Å². The second-order valence-electron chi connectivity index (χ2n) is 2.85. The van der Waals surface area contributed by atoms with Crippen LogP contribution >= 0.6 is 12.4 Å². The molecule has 74 valence electrons. The predicted octanol–water partition coefficient (Wildman–Crippen LogP) is 1.11. The molecule has 0 spiro atoms. The number of aromatic hydroxyl groups is 1. The Morgan fingerprint density at radius 2 is 2.08 bits per heavy atom. The number of hydrogen-bond acceptors (Lipinski definition) is 3. The van der Waals surface area contributed by atoms with Crippen LogP contribution in [0.2, 0.25) is 0 Å². The molecule has 0 aliphatic heterocycles. The van der Waals surface area contributed by atoms with Crippen LogP contribution in [0.1, 0.15) is 17.2 Å². The first-order valence-electron chi connectivity index (χ1n) is 3.81. The Bertz CT molecular complexity index is 278. The summed E-state index contributed by atoms with van der Waals surface area (Å²) in [6, 6.07) is 4.71. The molecule has 4 N–H and O–H groups in total. The van der Waals surface area contributed by atoms with Gasteiger partial charge in [0, 0.05) is 5.56 Å². The first kappa shape index (κ1) is 12.2. The Morgan fingerprint density at radius 1 is 1.46 bits per heavy atom. The van der Waals surface area contributed by atoms with Crippen LogP contribution in [0, 0.1) is 6.92 Å². The Kier molecular flexibility index (Phi) is 4.77. The van der Waals surface area contributed by atoms with Crippen LogP contribution in [0.5, 0.6) is 5.75 Å². The number of benzene rings is 1. The van der Waals surface area contributed by atoms with E-state index in [9.17, 15) is 5.11 Å². The van der Waals surface area contributed by atoms with E-state index < -0.39 is 6.04 Å². The molecule has 0 radical (unpaired) electrons. The summed E-state index contributed by atoms with van der Waals surface area (Å²) < 4.78 is 0. The molecule has 1 atom stereocenters. The van der Waals surface area contributed by atoms with Gasteiger partial charge in [0.1, 0.15) is 5.75 Å². The molecule has 0 saturated carbocycles. The number of halogens is 1. The normalized spacial score (nSPS) is 11.9. The number of rotatable bonds is 2. The lowest BCUT2D eigenvalue weighted by atomic mass is 10.1. The van der Waals surface area contributed by atoms with Crippen molar-refractivity contribution in [1.82, 2.24) is 0 Å². The zero-order chi connectivity index (χ0) is 9.14. The van der Waals surface area contributed by atoms with Crippen molar-refractivity contribution < 1.29 is 10.2 Å².